The highest BCUT2D eigenvalue weighted by molar-refractivity contribution is 7.80. The summed E-state index contributed by atoms with van der Waals surface area (Å²) in [6, 6.07) is 0. The molecule has 0 aromatic carbocycles. The smallest absolute Gasteiger partial charge is 0.264 e. The van der Waals surface area contributed by atoms with Gasteiger partial charge in [-0.05, 0) is 19.3 Å². The molecule has 0 spiro atoms. The molecule has 0 radical (unpaired) electrons. The molecule has 0 saturated carbocycles. The molecule has 0 fully saturated rings. The molecule has 42 heavy (non-hydrogen) atoms. The second-order valence-corrected chi connectivity index (χ2v) is 14.1. The van der Waals surface area contributed by atoms with Crippen LogP contribution in [0.3, 0.4) is 0 Å². The van der Waals surface area contributed by atoms with Gasteiger partial charge in [0.05, 0.1) is 6.61 Å². The van der Waals surface area contributed by atoms with E-state index in [1.54, 1.807) is 0 Å². The van der Waals surface area contributed by atoms with Crippen LogP contribution in [0.5, 0.6) is 0 Å². The van der Waals surface area contributed by atoms with Crippen LogP contribution in [0.4, 0.5) is 0 Å². The second kappa shape index (κ2) is 33.5. The van der Waals surface area contributed by atoms with E-state index in [4.69, 9.17) is 8.74 Å². The Kier molecular flexibility index (Phi) is 33.2. The van der Waals surface area contributed by atoms with Gasteiger partial charge < -0.3 is 0 Å². The van der Waals surface area contributed by atoms with Crippen LogP contribution in [0.15, 0.2) is 12.2 Å². The third-order valence-corrected chi connectivity index (χ3v) is 9.18. The Morgan fingerprint density at radius 3 is 1.14 bits per heavy atom. The van der Waals surface area contributed by atoms with Crippen LogP contribution < -0.4 is 0 Å². The Morgan fingerprint density at radius 1 is 0.500 bits per heavy atom. The monoisotopic (exact) mass is 615 g/mol. The van der Waals surface area contributed by atoms with Crippen molar-refractivity contribution in [1.29, 1.82) is 0 Å². The van der Waals surface area contributed by atoms with Crippen molar-refractivity contribution in [1.82, 2.24) is 0 Å². The summed E-state index contributed by atoms with van der Waals surface area (Å²) in [6.07, 6.45) is 45.6. The van der Waals surface area contributed by atoms with Gasteiger partial charge in [-0.3, -0.25) is 4.55 Å². The van der Waals surface area contributed by atoms with Gasteiger partial charge in [-0.15, -0.1) is 0 Å². The van der Waals surface area contributed by atoms with E-state index >= 15 is 0 Å². The molecule has 0 bridgehead atoms. The van der Waals surface area contributed by atoms with E-state index in [1.807, 2.05) is 0 Å². The van der Waals surface area contributed by atoms with Gasteiger partial charge in [0.1, 0.15) is 0 Å². The van der Waals surface area contributed by atoms with Crippen molar-refractivity contribution in [3.63, 3.8) is 0 Å². The molecular weight excluding hydrogens is 540 g/mol. The summed E-state index contributed by atoms with van der Waals surface area (Å²) in [6.45, 7) is 4.60. The Balaban J connectivity index is 3.74. The van der Waals surface area contributed by atoms with Gasteiger partial charge in [0, 0.05) is 5.92 Å². The number of unbranched alkanes of at least 4 members (excludes halogenated alkanes) is 28. The molecular formula is C37H74O4S. The summed E-state index contributed by atoms with van der Waals surface area (Å²) in [7, 11) is -4.37. The van der Waals surface area contributed by atoms with E-state index in [2.05, 4.69) is 26.0 Å². The molecule has 252 valence electrons. The summed E-state index contributed by atoms with van der Waals surface area (Å²) in [5.74, 6) is 0.0561. The summed E-state index contributed by atoms with van der Waals surface area (Å²) in [5, 5.41) is 0. The molecule has 0 aromatic rings. The first-order valence-electron chi connectivity index (χ1n) is 18.8. The highest BCUT2D eigenvalue weighted by Crippen LogP contribution is 2.18. The zero-order chi connectivity index (χ0) is 30.8. The van der Waals surface area contributed by atoms with Gasteiger partial charge in [0.25, 0.3) is 0 Å². The van der Waals surface area contributed by atoms with Gasteiger partial charge in [-0.25, -0.2) is 4.18 Å². The van der Waals surface area contributed by atoms with Crippen LogP contribution in [0.25, 0.3) is 0 Å². The van der Waals surface area contributed by atoms with E-state index in [-0.39, 0.29) is 12.5 Å². The molecule has 5 heteroatoms. The maximum atomic E-state index is 11.1. The van der Waals surface area contributed by atoms with Gasteiger partial charge in [-0.2, -0.15) is 8.42 Å². The molecule has 0 aliphatic carbocycles. The third kappa shape index (κ3) is 35.8. The number of allylic oxidation sites excluding steroid dienone is 1. The summed E-state index contributed by atoms with van der Waals surface area (Å²) >= 11 is 0. The molecule has 0 saturated heterocycles. The zero-order valence-corrected chi connectivity index (χ0v) is 29.3. The number of rotatable bonds is 35. The molecule has 0 aliphatic heterocycles. The highest BCUT2D eigenvalue weighted by Gasteiger charge is 2.11. The molecule has 0 aromatic heterocycles. The van der Waals surface area contributed by atoms with Gasteiger partial charge in [0.2, 0.25) is 0 Å². The number of hydrogen-bond acceptors (Lipinski definition) is 3. The van der Waals surface area contributed by atoms with Crippen molar-refractivity contribution >= 4 is 10.4 Å². The normalized spacial score (nSPS) is 12.9. The fourth-order valence-corrected chi connectivity index (χ4v) is 6.28. The summed E-state index contributed by atoms with van der Waals surface area (Å²) < 4.78 is 35.9. The Labute approximate surface area is 264 Å². The topological polar surface area (TPSA) is 63.6 Å². The first kappa shape index (κ1) is 41.6. The molecule has 0 rings (SSSR count). The van der Waals surface area contributed by atoms with Crippen molar-refractivity contribution in [2.45, 2.75) is 213 Å². The van der Waals surface area contributed by atoms with Crippen LogP contribution in [0, 0.1) is 5.92 Å². The standard InChI is InChI=1S/C37H74O4S/c1-3-5-7-9-11-13-15-17-19-20-21-23-25-27-29-31-33-35-37(36-41-42(38,39)40)34-32-30-28-26-24-22-18-16-14-12-10-8-6-4-2/h33,35,37H,3-32,34,36H2,1-2H3,(H,38,39,40)/b35-33+. The van der Waals surface area contributed by atoms with Crippen molar-refractivity contribution < 1.29 is 17.2 Å². The lowest BCUT2D eigenvalue weighted by Gasteiger charge is -2.12. The average Bonchev–Trinajstić information content (AvgIpc) is 2.96. The van der Waals surface area contributed by atoms with Crippen LogP contribution >= 0.6 is 0 Å². The Morgan fingerprint density at radius 2 is 0.810 bits per heavy atom. The number of hydrogen-bond donors (Lipinski definition) is 1. The molecule has 0 heterocycles. The predicted octanol–water partition coefficient (Wildman–Crippen LogP) is 13.1. The largest absolute Gasteiger partial charge is 0.397 e. The van der Waals surface area contributed by atoms with Crippen LogP contribution in [0.2, 0.25) is 0 Å². The Bertz CT molecular complexity index is 646. The SMILES string of the molecule is CCCCCCCCCCCCCCCCC/C=C/C(CCCCCCCCCCCCCCCC)COS(=O)(=O)O. The Hall–Kier alpha value is -0.390. The summed E-state index contributed by atoms with van der Waals surface area (Å²) in [4.78, 5) is 0. The minimum Gasteiger partial charge on any atom is -0.264 e. The summed E-state index contributed by atoms with van der Waals surface area (Å²) in [5.41, 5.74) is 0. The van der Waals surface area contributed by atoms with Crippen molar-refractivity contribution in [2.75, 3.05) is 6.61 Å². The lowest BCUT2D eigenvalue weighted by molar-refractivity contribution is 0.234. The molecule has 4 nitrogen and oxygen atoms in total. The van der Waals surface area contributed by atoms with E-state index in [0.717, 1.165) is 19.3 Å². The van der Waals surface area contributed by atoms with Crippen LogP contribution in [-0.4, -0.2) is 19.6 Å². The molecule has 1 atom stereocenters. The molecule has 0 amide bonds. The molecule has 0 aliphatic rings. The fourth-order valence-electron chi connectivity index (χ4n) is 5.93. The van der Waals surface area contributed by atoms with E-state index < -0.39 is 10.4 Å². The van der Waals surface area contributed by atoms with Gasteiger partial charge >= 0.3 is 10.4 Å². The minimum absolute atomic E-state index is 0.0482. The van der Waals surface area contributed by atoms with E-state index in [0.29, 0.717) is 0 Å². The van der Waals surface area contributed by atoms with Crippen molar-refractivity contribution in [3.05, 3.63) is 12.2 Å². The fraction of sp³-hybridized carbons (Fsp3) is 0.946. The van der Waals surface area contributed by atoms with Crippen molar-refractivity contribution in [2.24, 2.45) is 5.92 Å². The lowest BCUT2D eigenvalue weighted by atomic mass is 9.99. The van der Waals surface area contributed by atoms with Crippen molar-refractivity contribution in [3.8, 4) is 0 Å². The van der Waals surface area contributed by atoms with Crippen LogP contribution in [0.1, 0.15) is 213 Å². The third-order valence-electron chi connectivity index (χ3n) is 8.74. The minimum atomic E-state index is -4.37. The van der Waals surface area contributed by atoms with Gasteiger partial charge in [-0.1, -0.05) is 206 Å². The second-order valence-electron chi connectivity index (χ2n) is 13.0. The first-order chi connectivity index (χ1) is 20.5. The highest BCUT2D eigenvalue weighted by atomic mass is 32.3. The quantitative estimate of drug-likeness (QED) is 0.0438. The predicted molar refractivity (Wildman–Crippen MR) is 185 cm³/mol. The lowest BCUT2D eigenvalue weighted by Crippen LogP contribution is -2.12. The zero-order valence-electron chi connectivity index (χ0n) is 28.4. The maximum absolute atomic E-state index is 11.1. The maximum Gasteiger partial charge on any atom is 0.397 e. The van der Waals surface area contributed by atoms with Gasteiger partial charge in [0.15, 0.2) is 0 Å². The molecule has 1 unspecified atom stereocenters. The van der Waals surface area contributed by atoms with E-state index in [1.165, 1.54) is 180 Å². The van der Waals surface area contributed by atoms with E-state index in [9.17, 15) is 8.42 Å². The average molecular weight is 615 g/mol. The first-order valence-corrected chi connectivity index (χ1v) is 20.1. The molecule has 1 N–H and O–H groups in total. The van der Waals surface area contributed by atoms with Crippen LogP contribution in [-0.2, 0) is 14.6 Å².